The van der Waals surface area contributed by atoms with Crippen LogP contribution in [-0.2, 0) is 11.2 Å². The number of hydrogen-bond acceptors (Lipinski definition) is 2. The van der Waals surface area contributed by atoms with E-state index in [1.807, 2.05) is 61.5 Å². The molecule has 23 heavy (non-hydrogen) atoms. The van der Waals surface area contributed by atoms with Crippen LogP contribution in [0.5, 0.6) is 0 Å². The molecule has 3 nitrogen and oxygen atoms in total. The van der Waals surface area contributed by atoms with Gasteiger partial charge in [0, 0.05) is 17.5 Å². The van der Waals surface area contributed by atoms with E-state index in [4.69, 9.17) is 17.3 Å². The van der Waals surface area contributed by atoms with E-state index < -0.39 is 0 Å². The van der Waals surface area contributed by atoms with Crippen LogP contribution in [0.15, 0.2) is 54.6 Å². The summed E-state index contributed by atoms with van der Waals surface area (Å²) in [6, 6.07) is 17.6. The molecule has 2 aromatic carbocycles. The lowest BCUT2D eigenvalue weighted by Gasteiger charge is -2.20. The van der Waals surface area contributed by atoms with E-state index in [1.165, 1.54) is 0 Å². The highest BCUT2D eigenvalue weighted by Crippen LogP contribution is 2.23. The normalized spacial score (nSPS) is 13.3. The first-order valence-corrected chi connectivity index (χ1v) is 8.27. The Morgan fingerprint density at radius 3 is 2.43 bits per heavy atom. The lowest BCUT2D eigenvalue weighted by molar-refractivity contribution is -0.122. The zero-order chi connectivity index (χ0) is 16.7. The lowest BCUT2D eigenvalue weighted by atomic mass is 9.98. The van der Waals surface area contributed by atoms with Gasteiger partial charge >= 0.3 is 0 Å². The highest BCUT2D eigenvalue weighted by atomic mass is 35.5. The minimum absolute atomic E-state index is 0.0169. The van der Waals surface area contributed by atoms with Gasteiger partial charge in [-0.15, -0.1) is 0 Å². The molecule has 0 aliphatic carbocycles. The van der Waals surface area contributed by atoms with Crippen LogP contribution in [0.1, 0.15) is 36.9 Å². The lowest BCUT2D eigenvalue weighted by Crippen LogP contribution is -2.31. The summed E-state index contributed by atoms with van der Waals surface area (Å²) in [5.41, 5.74) is 7.82. The number of rotatable bonds is 7. The van der Waals surface area contributed by atoms with E-state index in [-0.39, 0.29) is 18.0 Å². The molecule has 0 bridgehead atoms. The molecule has 2 aromatic rings. The molecule has 4 heteroatoms. The van der Waals surface area contributed by atoms with Crippen LogP contribution in [0.25, 0.3) is 0 Å². The first kappa shape index (κ1) is 17.5. The second-order valence-corrected chi connectivity index (χ2v) is 6.25. The van der Waals surface area contributed by atoms with Crippen molar-refractivity contribution in [3.8, 4) is 0 Å². The average Bonchev–Trinajstić information content (AvgIpc) is 2.55. The van der Waals surface area contributed by atoms with Crippen molar-refractivity contribution in [3.05, 3.63) is 70.7 Å². The molecule has 122 valence electrons. The zero-order valence-electron chi connectivity index (χ0n) is 13.3. The van der Waals surface area contributed by atoms with E-state index in [0.717, 1.165) is 16.1 Å². The van der Waals surface area contributed by atoms with Crippen LogP contribution < -0.4 is 11.1 Å². The number of carbonyl (C=O) groups is 1. The maximum Gasteiger partial charge on any atom is 0.220 e. The standard InChI is InChI=1S/C19H23ClN2O/c1-14(21)11-12-19(23)22-18(15-7-3-2-4-8-15)13-16-9-5-6-10-17(16)20/h2-10,14,18H,11-13,21H2,1H3,(H,22,23). The van der Waals surface area contributed by atoms with Gasteiger partial charge in [-0.25, -0.2) is 0 Å². The highest BCUT2D eigenvalue weighted by molar-refractivity contribution is 6.31. The summed E-state index contributed by atoms with van der Waals surface area (Å²) in [5, 5.41) is 3.83. The van der Waals surface area contributed by atoms with Crippen LogP contribution in [-0.4, -0.2) is 11.9 Å². The number of amides is 1. The molecule has 0 aliphatic rings. The Labute approximate surface area is 142 Å². The smallest absolute Gasteiger partial charge is 0.220 e. The first-order chi connectivity index (χ1) is 11.1. The summed E-state index contributed by atoms with van der Waals surface area (Å²) in [6.07, 6.45) is 1.77. The molecule has 0 heterocycles. The fourth-order valence-corrected chi connectivity index (χ4v) is 2.66. The Bertz CT molecular complexity index is 628. The number of carbonyl (C=O) groups excluding carboxylic acids is 1. The first-order valence-electron chi connectivity index (χ1n) is 7.89. The van der Waals surface area contributed by atoms with Gasteiger partial charge in [0.1, 0.15) is 0 Å². The number of nitrogens with one attached hydrogen (secondary N) is 1. The van der Waals surface area contributed by atoms with Crippen molar-refractivity contribution < 1.29 is 4.79 Å². The highest BCUT2D eigenvalue weighted by Gasteiger charge is 2.16. The van der Waals surface area contributed by atoms with Crippen LogP contribution in [0.3, 0.4) is 0 Å². The molecule has 0 spiro atoms. The molecule has 0 radical (unpaired) electrons. The molecule has 1 amide bonds. The monoisotopic (exact) mass is 330 g/mol. The van der Waals surface area contributed by atoms with Gasteiger partial charge in [0.15, 0.2) is 0 Å². The Morgan fingerprint density at radius 2 is 1.78 bits per heavy atom. The third-order valence-electron chi connectivity index (χ3n) is 3.75. The summed E-state index contributed by atoms with van der Waals surface area (Å²) < 4.78 is 0. The van der Waals surface area contributed by atoms with Crippen LogP contribution in [0.2, 0.25) is 5.02 Å². The van der Waals surface area contributed by atoms with Gasteiger partial charge in [0.05, 0.1) is 6.04 Å². The van der Waals surface area contributed by atoms with Gasteiger partial charge < -0.3 is 11.1 Å². The molecule has 0 saturated heterocycles. The summed E-state index contributed by atoms with van der Waals surface area (Å²) in [5.74, 6) is 0.0169. The summed E-state index contributed by atoms with van der Waals surface area (Å²) in [4.78, 5) is 12.2. The quantitative estimate of drug-likeness (QED) is 0.809. The van der Waals surface area contributed by atoms with E-state index >= 15 is 0 Å². The minimum Gasteiger partial charge on any atom is -0.349 e. The van der Waals surface area contributed by atoms with Crippen molar-refractivity contribution >= 4 is 17.5 Å². The van der Waals surface area contributed by atoms with Gasteiger partial charge in [-0.3, -0.25) is 4.79 Å². The molecule has 2 atom stereocenters. The van der Waals surface area contributed by atoms with E-state index in [9.17, 15) is 4.79 Å². The maximum atomic E-state index is 12.2. The second kappa shape index (κ2) is 8.70. The maximum absolute atomic E-state index is 12.2. The average molecular weight is 331 g/mol. The Hall–Kier alpha value is -1.84. The number of benzene rings is 2. The number of halogens is 1. The fraction of sp³-hybridized carbons (Fsp3) is 0.316. The number of nitrogens with two attached hydrogens (primary N) is 1. The summed E-state index contributed by atoms with van der Waals surface area (Å²) in [6.45, 7) is 1.91. The second-order valence-electron chi connectivity index (χ2n) is 5.84. The van der Waals surface area contributed by atoms with Gasteiger partial charge in [0.25, 0.3) is 0 Å². The SMILES string of the molecule is CC(N)CCC(=O)NC(Cc1ccccc1Cl)c1ccccc1. The van der Waals surface area contributed by atoms with Crippen LogP contribution >= 0.6 is 11.6 Å². The predicted octanol–water partition coefficient (Wildman–Crippen LogP) is 3.87. The van der Waals surface area contributed by atoms with Crippen molar-refractivity contribution in [2.24, 2.45) is 5.73 Å². The molecule has 0 aromatic heterocycles. The Morgan fingerprint density at radius 1 is 1.13 bits per heavy atom. The van der Waals surface area contributed by atoms with Crippen LogP contribution in [0, 0.1) is 0 Å². The van der Waals surface area contributed by atoms with Gasteiger partial charge in [-0.2, -0.15) is 0 Å². The minimum atomic E-state index is -0.100. The topological polar surface area (TPSA) is 55.1 Å². The zero-order valence-corrected chi connectivity index (χ0v) is 14.1. The van der Waals surface area contributed by atoms with Crippen molar-refractivity contribution in [1.82, 2.24) is 5.32 Å². The largest absolute Gasteiger partial charge is 0.349 e. The molecule has 0 saturated carbocycles. The number of hydrogen-bond donors (Lipinski definition) is 2. The Balaban J connectivity index is 2.13. The molecule has 2 unspecified atom stereocenters. The molecular formula is C19H23ClN2O. The molecule has 2 rings (SSSR count). The van der Waals surface area contributed by atoms with E-state index in [0.29, 0.717) is 19.3 Å². The van der Waals surface area contributed by atoms with Gasteiger partial charge in [-0.05, 0) is 37.0 Å². The molecule has 3 N–H and O–H groups in total. The van der Waals surface area contributed by atoms with E-state index in [2.05, 4.69) is 5.32 Å². The van der Waals surface area contributed by atoms with Gasteiger partial charge in [-0.1, -0.05) is 60.1 Å². The molecule has 0 fully saturated rings. The van der Waals surface area contributed by atoms with E-state index in [1.54, 1.807) is 0 Å². The fourth-order valence-electron chi connectivity index (χ4n) is 2.45. The van der Waals surface area contributed by atoms with Crippen molar-refractivity contribution in [2.45, 2.75) is 38.3 Å². The summed E-state index contributed by atoms with van der Waals surface area (Å²) >= 11 is 6.27. The van der Waals surface area contributed by atoms with Gasteiger partial charge in [0.2, 0.25) is 5.91 Å². The van der Waals surface area contributed by atoms with Crippen LogP contribution in [0.4, 0.5) is 0 Å². The van der Waals surface area contributed by atoms with Crippen molar-refractivity contribution in [1.29, 1.82) is 0 Å². The molecular weight excluding hydrogens is 308 g/mol. The van der Waals surface area contributed by atoms with Crippen molar-refractivity contribution in [3.63, 3.8) is 0 Å². The Kier molecular flexibility index (Phi) is 6.63. The third-order valence-corrected chi connectivity index (χ3v) is 4.11. The third kappa shape index (κ3) is 5.70. The van der Waals surface area contributed by atoms with Crippen molar-refractivity contribution in [2.75, 3.05) is 0 Å². The predicted molar refractivity (Wildman–Crippen MR) is 95.4 cm³/mol. The molecule has 0 aliphatic heterocycles. The summed E-state index contributed by atoms with van der Waals surface area (Å²) in [7, 11) is 0.